The maximum atomic E-state index is 13.1. The van der Waals surface area contributed by atoms with Crippen LogP contribution in [0.25, 0.3) is 5.69 Å². The lowest BCUT2D eigenvalue weighted by molar-refractivity contribution is -0.125. The summed E-state index contributed by atoms with van der Waals surface area (Å²) in [6, 6.07) is 17.6. The molecule has 10 nitrogen and oxygen atoms in total. The van der Waals surface area contributed by atoms with Gasteiger partial charge in [0, 0.05) is 61.7 Å². The SMILES string of the molecule is COc1cc(Nc2nccc(N3CCC[C@H](C(=O)NCc4cccc(-n5cccc5)c4)C3)n2)cc(OC)c1OC. The van der Waals surface area contributed by atoms with E-state index in [9.17, 15) is 4.79 Å². The number of piperidine rings is 1. The van der Waals surface area contributed by atoms with Gasteiger partial charge in [-0.15, -0.1) is 0 Å². The Morgan fingerprint density at radius 1 is 1.00 bits per heavy atom. The molecule has 2 N–H and O–H groups in total. The highest BCUT2D eigenvalue weighted by Crippen LogP contribution is 2.40. The van der Waals surface area contributed by atoms with Gasteiger partial charge in [0.25, 0.3) is 0 Å². The molecule has 1 atom stereocenters. The zero-order chi connectivity index (χ0) is 27.9. The van der Waals surface area contributed by atoms with Gasteiger partial charge in [-0.25, -0.2) is 4.98 Å². The first kappa shape index (κ1) is 26.9. The molecule has 5 rings (SSSR count). The lowest BCUT2D eigenvalue weighted by Crippen LogP contribution is -2.43. The standard InChI is InChI=1S/C30H34N6O4/c1-38-25-17-23(18-26(39-2)28(25)40-3)33-30-31-12-11-27(34-30)36-15-7-9-22(20-36)29(37)32-19-21-8-6-10-24(16-21)35-13-4-5-14-35/h4-6,8,10-14,16-18,22H,7,9,15,19-20H2,1-3H3,(H,32,37)(H,31,33,34)/t22-/m0/s1. The number of rotatable bonds is 10. The number of methoxy groups -OCH3 is 3. The molecule has 10 heteroatoms. The maximum absolute atomic E-state index is 13.1. The van der Waals surface area contributed by atoms with Crippen LogP contribution < -0.4 is 29.7 Å². The van der Waals surface area contributed by atoms with E-state index < -0.39 is 0 Å². The molecule has 0 radical (unpaired) electrons. The summed E-state index contributed by atoms with van der Waals surface area (Å²) in [6.07, 6.45) is 7.47. The van der Waals surface area contributed by atoms with Crippen LogP contribution in [0.4, 0.5) is 17.5 Å². The third-order valence-corrected chi connectivity index (χ3v) is 6.96. The molecule has 0 aliphatic carbocycles. The van der Waals surface area contributed by atoms with Gasteiger partial charge in [-0.05, 0) is 48.7 Å². The maximum Gasteiger partial charge on any atom is 0.229 e. The van der Waals surface area contributed by atoms with Crippen molar-refractivity contribution in [3.63, 3.8) is 0 Å². The lowest BCUT2D eigenvalue weighted by Gasteiger charge is -2.33. The third kappa shape index (κ3) is 6.12. The predicted molar refractivity (Wildman–Crippen MR) is 154 cm³/mol. The van der Waals surface area contributed by atoms with Crippen molar-refractivity contribution in [1.29, 1.82) is 0 Å². The van der Waals surface area contributed by atoms with E-state index in [1.807, 2.05) is 42.7 Å². The van der Waals surface area contributed by atoms with E-state index in [1.165, 1.54) is 0 Å². The van der Waals surface area contributed by atoms with Crippen molar-refractivity contribution in [2.45, 2.75) is 19.4 Å². The van der Waals surface area contributed by atoms with Gasteiger partial charge in [0.15, 0.2) is 11.5 Å². The molecule has 1 aliphatic rings. The Kier molecular flexibility index (Phi) is 8.34. The van der Waals surface area contributed by atoms with Crippen molar-refractivity contribution < 1.29 is 19.0 Å². The number of nitrogens with one attached hydrogen (secondary N) is 2. The third-order valence-electron chi connectivity index (χ3n) is 6.96. The Hall–Kier alpha value is -4.73. The van der Waals surface area contributed by atoms with Crippen LogP contribution in [0.15, 0.2) is 73.2 Å². The molecule has 1 fully saturated rings. The molecule has 1 saturated heterocycles. The second kappa shape index (κ2) is 12.4. The number of nitrogens with zero attached hydrogens (tertiary/aromatic N) is 4. The van der Waals surface area contributed by atoms with Crippen molar-refractivity contribution in [1.82, 2.24) is 19.9 Å². The van der Waals surface area contributed by atoms with Crippen LogP contribution in [0.5, 0.6) is 17.2 Å². The molecule has 1 amide bonds. The summed E-state index contributed by atoms with van der Waals surface area (Å²) < 4.78 is 18.4. The highest BCUT2D eigenvalue weighted by Gasteiger charge is 2.26. The van der Waals surface area contributed by atoms with Crippen molar-refractivity contribution >= 4 is 23.4 Å². The van der Waals surface area contributed by atoms with Gasteiger partial charge in [0.05, 0.1) is 27.2 Å². The number of aromatic nitrogens is 3. The molecule has 2 aromatic carbocycles. The van der Waals surface area contributed by atoms with Gasteiger partial charge in [0.1, 0.15) is 5.82 Å². The molecule has 208 valence electrons. The average Bonchev–Trinajstić information content (AvgIpc) is 3.55. The van der Waals surface area contributed by atoms with E-state index in [4.69, 9.17) is 19.2 Å². The van der Waals surface area contributed by atoms with E-state index in [0.717, 1.165) is 36.5 Å². The summed E-state index contributed by atoms with van der Waals surface area (Å²) in [7, 11) is 4.71. The van der Waals surface area contributed by atoms with Gasteiger partial charge in [-0.2, -0.15) is 4.98 Å². The van der Waals surface area contributed by atoms with Crippen LogP contribution in [0.2, 0.25) is 0 Å². The van der Waals surface area contributed by atoms with E-state index in [2.05, 4.69) is 37.2 Å². The number of hydrogen-bond acceptors (Lipinski definition) is 8. The van der Waals surface area contributed by atoms with Gasteiger partial charge < -0.3 is 34.3 Å². The van der Waals surface area contributed by atoms with Gasteiger partial charge in [-0.1, -0.05) is 12.1 Å². The summed E-state index contributed by atoms with van der Waals surface area (Å²) in [4.78, 5) is 24.4. The van der Waals surface area contributed by atoms with E-state index in [0.29, 0.717) is 42.0 Å². The first-order chi connectivity index (χ1) is 19.6. The molecule has 0 unspecified atom stereocenters. The van der Waals surface area contributed by atoms with Crippen LogP contribution in [0.1, 0.15) is 18.4 Å². The van der Waals surface area contributed by atoms with Gasteiger partial charge >= 0.3 is 0 Å². The van der Waals surface area contributed by atoms with Crippen LogP contribution in [-0.4, -0.2) is 54.9 Å². The van der Waals surface area contributed by atoms with Crippen molar-refractivity contribution in [3.8, 4) is 22.9 Å². The molecule has 2 aromatic heterocycles. The highest BCUT2D eigenvalue weighted by molar-refractivity contribution is 5.79. The smallest absolute Gasteiger partial charge is 0.229 e. The van der Waals surface area contributed by atoms with E-state index in [1.54, 1.807) is 39.7 Å². The Morgan fingerprint density at radius 3 is 2.50 bits per heavy atom. The molecule has 40 heavy (non-hydrogen) atoms. The first-order valence-electron chi connectivity index (χ1n) is 13.2. The number of carbonyl (C=O) groups is 1. The van der Waals surface area contributed by atoms with E-state index >= 15 is 0 Å². The number of amides is 1. The van der Waals surface area contributed by atoms with Crippen LogP contribution in [0.3, 0.4) is 0 Å². The molecule has 0 saturated carbocycles. The fraction of sp³-hybridized carbons (Fsp3) is 0.300. The largest absolute Gasteiger partial charge is 0.493 e. The molecule has 0 bridgehead atoms. The number of ether oxygens (including phenoxy) is 3. The number of carbonyl (C=O) groups excluding carboxylic acids is 1. The quantitative estimate of drug-likeness (QED) is 0.301. The molecule has 1 aliphatic heterocycles. The minimum atomic E-state index is -0.122. The van der Waals surface area contributed by atoms with Crippen LogP contribution in [-0.2, 0) is 11.3 Å². The topological polar surface area (TPSA) is 103 Å². The van der Waals surface area contributed by atoms with E-state index in [-0.39, 0.29) is 11.8 Å². The predicted octanol–water partition coefficient (Wildman–Crippen LogP) is 4.57. The van der Waals surface area contributed by atoms with Crippen molar-refractivity contribution in [3.05, 3.63) is 78.8 Å². The summed E-state index contributed by atoms with van der Waals surface area (Å²) in [6.45, 7) is 1.90. The van der Waals surface area contributed by atoms with Gasteiger partial charge in [-0.3, -0.25) is 4.79 Å². The average molecular weight is 543 g/mol. The van der Waals surface area contributed by atoms with Crippen LogP contribution >= 0.6 is 0 Å². The minimum Gasteiger partial charge on any atom is -0.493 e. The lowest BCUT2D eigenvalue weighted by atomic mass is 9.97. The molecule has 3 heterocycles. The highest BCUT2D eigenvalue weighted by atomic mass is 16.5. The number of hydrogen-bond donors (Lipinski definition) is 2. The van der Waals surface area contributed by atoms with Crippen molar-refractivity contribution in [2.24, 2.45) is 5.92 Å². The normalized spacial score (nSPS) is 14.9. The summed E-state index contributed by atoms with van der Waals surface area (Å²) in [5.41, 5.74) is 2.83. The Morgan fingerprint density at radius 2 is 1.77 bits per heavy atom. The minimum absolute atomic E-state index is 0.0564. The molecule has 4 aromatic rings. The van der Waals surface area contributed by atoms with Crippen LogP contribution in [0, 0.1) is 5.92 Å². The number of benzene rings is 2. The number of anilines is 3. The Bertz CT molecular complexity index is 1420. The fourth-order valence-corrected chi connectivity index (χ4v) is 4.93. The fourth-order valence-electron chi connectivity index (χ4n) is 4.93. The Labute approximate surface area is 233 Å². The summed E-state index contributed by atoms with van der Waals surface area (Å²) in [5.74, 6) is 2.70. The first-order valence-corrected chi connectivity index (χ1v) is 13.2. The Balaban J connectivity index is 1.22. The zero-order valence-electron chi connectivity index (χ0n) is 23.0. The monoisotopic (exact) mass is 542 g/mol. The summed E-state index contributed by atoms with van der Waals surface area (Å²) in [5, 5.41) is 6.36. The molecular formula is C30H34N6O4. The van der Waals surface area contributed by atoms with Crippen molar-refractivity contribution in [2.75, 3.05) is 44.6 Å². The molecule has 0 spiro atoms. The molecular weight excluding hydrogens is 508 g/mol. The second-order valence-corrected chi connectivity index (χ2v) is 9.54. The summed E-state index contributed by atoms with van der Waals surface area (Å²) >= 11 is 0. The zero-order valence-corrected chi connectivity index (χ0v) is 23.0. The second-order valence-electron chi connectivity index (χ2n) is 9.54. The van der Waals surface area contributed by atoms with Gasteiger partial charge in [0.2, 0.25) is 17.6 Å².